The van der Waals surface area contributed by atoms with Crippen LogP contribution in [0, 0.1) is 0 Å². The third kappa shape index (κ3) is 2.86. The van der Waals surface area contributed by atoms with Crippen molar-refractivity contribution < 1.29 is 4.79 Å². The number of piperazine rings is 1. The summed E-state index contributed by atoms with van der Waals surface area (Å²) in [6.45, 7) is 8.26. The van der Waals surface area contributed by atoms with Crippen molar-refractivity contribution in [1.82, 2.24) is 20.2 Å². The van der Waals surface area contributed by atoms with E-state index in [0.29, 0.717) is 26.2 Å². The smallest absolute Gasteiger partial charge is 0.348 e. The van der Waals surface area contributed by atoms with Crippen molar-refractivity contribution in [1.29, 1.82) is 0 Å². The Bertz CT molecular complexity index is 669. The van der Waals surface area contributed by atoms with Crippen molar-refractivity contribution in [2.45, 2.75) is 26.3 Å². The number of rotatable bonds is 4. The Morgan fingerprint density at radius 3 is 2.79 bits per heavy atom. The molecule has 8 nitrogen and oxygen atoms in total. The van der Waals surface area contributed by atoms with Crippen molar-refractivity contribution in [2.24, 2.45) is 0 Å². The molecule has 132 valence electrons. The Balaban J connectivity index is 1.99. The van der Waals surface area contributed by atoms with Crippen LogP contribution in [-0.4, -0.2) is 73.1 Å². The largest absolute Gasteiger partial charge is 0.359 e. The molecule has 3 heterocycles. The van der Waals surface area contributed by atoms with Crippen LogP contribution in [-0.2, 0) is 11.2 Å². The van der Waals surface area contributed by atoms with Gasteiger partial charge in [0.15, 0.2) is 0 Å². The topological polar surface area (TPSA) is 84.6 Å². The fourth-order valence-corrected chi connectivity index (χ4v) is 3.59. The fourth-order valence-electron chi connectivity index (χ4n) is 3.59. The molecular weight excluding hydrogens is 308 g/mol. The van der Waals surface area contributed by atoms with Gasteiger partial charge in [-0.05, 0) is 20.3 Å². The molecule has 0 aliphatic carbocycles. The highest BCUT2D eigenvalue weighted by atomic mass is 16.2. The van der Waals surface area contributed by atoms with E-state index in [9.17, 15) is 9.59 Å². The summed E-state index contributed by atoms with van der Waals surface area (Å²) in [6, 6.07) is -0.299. The summed E-state index contributed by atoms with van der Waals surface area (Å²) >= 11 is 0. The van der Waals surface area contributed by atoms with Gasteiger partial charge in [-0.3, -0.25) is 9.78 Å². The average Bonchev–Trinajstić information content (AvgIpc) is 2.96. The number of nitrogens with one attached hydrogen (secondary N) is 2. The van der Waals surface area contributed by atoms with E-state index in [-0.39, 0.29) is 17.6 Å². The molecule has 0 saturated carbocycles. The number of fused-ring (bicyclic) bond motifs is 1. The molecule has 1 unspecified atom stereocenters. The summed E-state index contributed by atoms with van der Waals surface area (Å²) in [6.07, 6.45) is 0.834. The predicted molar refractivity (Wildman–Crippen MR) is 93.8 cm³/mol. The van der Waals surface area contributed by atoms with Crippen LogP contribution in [0.4, 0.5) is 11.6 Å². The molecule has 3 rings (SSSR count). The zero-order chi connectivity index (χ0) is 17.3. The van der Waals surface area contributed by atoms with Crippen molar-refractivity contribution in [3.8, 4) is 0 Å². The monoisotopic (exact) mass is 334 g/mol. The zero-order valence-corrected chi connectivity index (χ0v) is 14.6. The maximum atomic E-state index is 12.9. The second-order valence-electron chi connectivity index (χ2n) is 6.29. The van der Waals surface area contributed by atoms with E-state index < -0.39 is 0 Å². The molecule has 8 heteroatoms. The van der Waals surface area contributed by atoms with Crippen molar-refractivity contribution in [3.05, 3.63) is 16.0 Å². The molecule has 2 N–H and O–H groups in total. The molecular formula is C16H26N6O2. The van der Waals surface area contributed by atoms with Crippen molar-refractivity contribution in [3.63, 3.8) is 0 Å². The first-order valence-corrected chi connectivity index (χ1v) is 8.67. The zero-order valence-electron chi connectivity index (χ0n) is 14.6. The highest BCUT2D eigenvalue weighted by Crippen LogP contribution is 2.31. The Kier molecular flexibility index (Phi) is 4.75. The molecule has 0 bridgehead atoms. The standard InChI is InChI=1S/C16H26N6O2/c1-4-21(5-2)15(23)12-10-17-7-9-22(12)14-11-6-8-20(3)13(11)18-16(24)19-14/h12,17H,4-10H2,1-3H3,(H,18,19,24). The van der Waals surface area contributed by atoms with Gasteiger partial charge in [-0.2, -0.15) is 4.98 Å². The van der Waals surface area contributed by atoms with Crippen LogP contribution < -0.4 is 20.8 Å². The number of carbonyl (C=O) groups is 1. The molecule has 0 spiro atoms. The minimum atomic E-state index is -0.356. The number of likely N-dealkylation sites (N-methyl/N-ethyl adjacent to an activating group) is 2. The molecule has 1 atom stereocenters. The maximum Gasteiger partial charge on any atom is 0.348 e. The molecule has 2 aliphatic heterocycles. The molecule has 0 aromatic carbocycles. The van der Waals surface area contributed by atoms with Crippen LogP contribution in [0.25, 0.3) is 0 Å². The van der Waals surface area contributed by atoms with Gasteiger partial charge in [0.25, 0.3) is 0 Å². The second-order valence-corrected chi connectivity index (χ2v) is 6.29. The van der Waals surface area contributed by atoms with E-state index in [1.165, 1.54) is 0 Å². The molecule has 1 aromatic rings. The molecule has 24 heavy (non-hydrogen) atoms. The molecule has 1 saturated heterocycles. The van der Waals surface area contributed by atoms with Crippen LogP contribution in [0.3, 0.4) is 0 Å². The van der Waals surface area contributed by atoms with Gasteiger partial charge in [0.2, 0.25) is 5.91 Å². The van der Waals surface area contributed by atoms with Gasteiger partial charge in [-0.25, -0.2) is 4.79 Å². The number of aromatic amines is 1. The Labute approximate surface area is 141 Å². The van der Waals surface area contributed by atoms with Gasteiger partial charge in [0.05, 0.1) is 0 Å². The Hall–Kier alpha value is -2.09. The number of aromatic nitrogens is 2. The first-order chi connectivity index (χ1) is 11.6. The van der Waals surface area contributed by atoms with Crippen LogP contribution in [0.5, 0.6) is 0 Å². The minimum absolute atomic E-state index is 0.102. The highest BCUT2D eigenvalue weighted by molar-refractivity contribution is 5.86. The molecule has 0 radical (unpaired) electrons. The summed E-state index contributed by atoms with van der Waals surface area (Å²) < 4.78 is 0. The number of nitrogens with zero attached hydrogens (tertiary/aromatic N) is 4. The van der Waals surface area contributed by atoms with Gasteiger partial charge in [-0.1, -0.05) is 0 Å². The van der Waals surface area contributed by atoms with E-state index in [2.05, 4.69) is 20.2 Å². The number of carbonyl (C=O) groups excluding carboxylic acids is 1. The lowest BCUT2D eigenvalue weighted by molar-refractivity contribution is -0.132. The lowest BCUT2D eigenvalue weighted by Gasteiger charge is -2.39. The number of hydrogen-bond donors (Lipinski definition) is 2. The molecule has 2 aliphatic rings. The first kappa shape index (κ1) is 16.8. The van der Waals surface area contributed by atoms with Crippen molar-refractivity contribution in [2.75, 3.05) is 56.1 Å². The SMILES string of the molecule is CCN(CC)C(=O)C1CNCCN1c1[nH]c(=O)nc2c1CCN2C. The maximum absolute atomic E-state index is 12.9. The summed E-state index contributed by atoms with van der Waals surface area (Å²) in [4.78, 5) is 37.8. The Morgan fingerprint density at radius 1 is 1.33 bits per heavy atom. The first-order valence-electron chi connectivity index (χ1n) is 8.67. The number of anilines is 2. The van der Waals surface area contributed by atoms with E-state index in [1.54, 1.807) is 0 Å². The van der Waals surface area contributed by atoms with Crippen LogP contribution in [0.1, 0.15) is 19.4 Å². The number of H-pyrrole nitrogens is 1. The van der Waals surface area contributed by atoms with Gasteiger partial charge in [0.1, 0.15) is 17.7 Å². The summed E-state index contributed by atoms with van der Waals surface area (Å²) in [7, 11) is 1.94. The summed E-state index contributed by atoms with van der Waals surface area (Å²) in [5, 5.41) is 3.30. The normalized spacial score (nSPS) is 20.2. The predicted octanol–water partition coefficient (Wildman–Crippen LogP) is -0.591. The van der Waals surface area contributed by atoms with Gasteiger partial charge in [0, 0.05) is 51.9 Å². The van der Waals surface area contributed by atoms with E-state index in [1.807, 2.05) is 30.7 Å². The number of amides is 1. The van der Waals surface area contributed by atoms with Crippen molar-refractivity contribution >= 4 is 17.5 Å². The minimum Gasteiger partial charge on any atom is -0.359 e. The van der Waals surface area contributed by atoms with E-state index in [4.69, 9.17) is 0 Å². The lowest BCUT2D eigenvalue weighted by Crippen LogP contribution is -2.59. The van der Waals surface area contributed by atoms with Gasteiger partial charge < -0.3 is 20.0 Å². The van der Waals surface area contributed by atoms with Crippen LogP contribution in [0.2, 0.25) is 0 Å². The fraction of sp³-hybridized carbons (Fsp3) is 0.688. The molecule has 1 fully saturated rings. The molecule has 1 amide bonds. The van der Waals surface area contributed by atoms with E-state index in [0.717, 1.165) is 36.7 Å². The van der Waals surface area contributed by atoms with Gasteiger partial charge in [-0.15, -0.1) is 0 Å². The highest BCUT2D eigenvalue weighted by Gasteiger charge is 2.35. The van der Waals surface area contributed by atoms with E-state index >= 15 is 0 Å². The van der Waals surface area contributed by atoms with Gasteiger partial charge >= 0.3 is 5.69 Å². The third-order valence-corrected chi connectivity index (χ3v) is 4.94. The summed E-state index contributed by atoms with van der Waals surface area (Å²) in [5.74, 6) is 1.60. The third-order valence-electron chi connectivity index (χ3n) is 4.94. The molecule has 1 aromatic heterocycles. The average molecular weight is 334 g/mol. The van der Waals surface area contributed by atoms with Crippen LogP contribution >= 0.6 is 0 Å². The second kappa shape index (κ2) is 6.80. The lowest BCUT2D eigenvalue weighted by atomic mass is 10.1. The quantitative estimate of drug-likeness (QED) is 0.766. The van der Waals surface area contributed by atoms with Crippen LogP contribution in [0.15, 0.2) is 4.79 Å². The summed E-state index contributed by atoms with van der Waals surface area (Å²) in [5.41, 5.74) is 0.682. The number of hydrogen-bond acceptors (Lipinski definition) is 6. The Morgan fingerprint density at radius 2 is 2.08 bits per heavy atom.